The van der Waals surface area contributed by atoms with Crippen LogP contribution in [0.2, 0.25) is 0 Å². The molecular weight excluding hydrogens is 652 g/mol. The number of rotatable bonds is 16. The molecule has 2 aromatic heterocycles. The monoisotopic (exact) mass is 688 g/mol. The van der Waals surface area contributed by atoms with Gasteiger partial charge in [-0.25, -0.2) is 9.59 Å². The van der Waals surface area contributed by atoms with Gasteiger partial charge in [0, 0.05) is 12.1 Å². The minimum absolute atomic E-state index is 0. The van der Waals surface area contributed by atoms with Gasteiger partial charge in [-0.2, -0.15) is 0 Å². The smallest absolute Gasteiger partial charge is 0.374 e. The summed E-state index contributed by atoms with van der Waals surface area (Å²) in [5.41, 5.74) is 10.6. The Bertz CT molecular complexity index is 1740. The number of hydrogen-bond donors (Lipinski definition) is 2. The molecule has 0 aliphatic heterocycles. The lowest BCUT2D eigenvalue weighted by Gasteiger charge is -2.21. The van der Waals surface area contributed by atoms with Crippen LogP contribution in [0.3, 0.4) is 0 Å². The molecule has 2 aromatic carbocycles. The molecule has 1 atom stereocenters. The average Bonchev–Trinajstić information content (AvgIpc) is 3.05. The van der Waals surface area contributed by atoms with Crippen LogP contribution in [0.15, 0.2) is 67.0 Å². The maximum Gasteiger partial charge on any atom is 0.374 e. The Labute approximate surface area is 280 Å². The molecule has 0 unspecified atom stereocenters. The summed E-state index contributed by atoms with van der Waals surface area (Å²) < 4.78 is 38.5. The third-order valence-corrected chi connectivity index (χ3v) is 6.79. The molecule has 0 spiro atoms. The molecule has 0 aliphatic carbocycles. The van der Waals surface area contributed by atoms with E-state index in [-0.39, 0.29) is 83.8 Å². The van der Waals surface area contributed by atoms with Gasteiger partial charge in [0.25, 0.3) is 0 Å². The van der Waals surface area contributed by atoms with Crippen LogP contribution in [0, 0.1) is 0 Å². The van der Waals surface area contributed by atoms with E-state index in [9.17, 15) is 24.0 Å². The predicted octanol–water partition coefficient (Wildman–Crippen LogP) is 3.50. The fourth-order valence-corrected chi connectivity index (χ4v) is 4.56. The molecule has 0 amide bonds. The van der Waals surface area contributed by atoms with Crippen molar-refractivity contribution in [1.82, 2.24) is 0 Å². The summed E-state index contributed by atoms with van der Waals surface area (Å²) in [7, 11) is 0. The van der Waals surface area contributed by atoms with Crippen LogP contribution in [0.25, 0.3) is 21.9 Å². The van der Waals surface area contributed by atoms with Crippen molar-refractivity contribution in [2.45, 2.75) is 45.3 Å². The maximum atomic E-state index is 13.0. The maximum absolute atomic E-state index is 13.0. The summed E-state index contributed by atoms with van der Waals surface area (Å²) in [5.74, 6) is -2.63. The molecule has 4 N–H and O–H groups in total. The number of carbonyl (C=O) groups is 3. The molecule has 0 aliphatic rings. The summed E-state index contributed by atoms with van der Waals surface area (Å²) in [6.45, 7) is 3.30. The van der Waals surface area contributed by atoms with E-state index in [1.165, 1.54) is 24.3 Å². The molecule has 15 heteroatoms. The summed E-state index contributed by atoms with van der Waals surface area (Å²) >= 11 is 0. The Balaban J connectivity index is 0.00000625. The van der Waals surface area contributed by atoms with Gasteiger partial charge in [0.05, 0.1) is 13.2 Å². The zero-order valence-electron chi connectivity index (χ0n) is 26.4. The molecule has 0 bridgehead atoms. The second-order valence-electron chi connectivity index (χ2n) is 10.2. The van der Waals surface area contributed by atoms with Gasteiger partial charge in [-0.05, 0) is 57.5 Å². The SMILES string of the molecule is CCOC(=O)c1cc(=O)c2c(OCC(COc3cccc4oc(C(=O)OCC)cc(=O)c34)OC(=O)[C@@H](N)CCCCN)cccc2o1.Cl. The van der Waals surface area contributed by atoms with Crippen LogP contribution in [0.1, 0.15) is 54.2 Å². The van der Waals surface area contributed by atoms with Crippen molar-refractivity contribution in [2.24, 2.45) is 11.5 Å². The lowest BCUT2D eigenvalue weighted by molar-refractivity contribution is -0.154. The zero-order valence-corrected chi connectivity index (χ0v) is 27.2. The standard InChI is InChI=1S/C33H36N2O12.ClH/c1-3-41-32(39)27-15-21(36)29-23(10-7-12-25(29)46-27)43-17-19(45-31(38)20(35)9-5-6-14-34)18-44-24-11-8-13-26-30(24)22(37)16-28(47-26)33(40)42-4-2;/h7-8,10-13,15-16,19-20H,3-6,9,14,17-18,34-35H2,1-2H3;1H/t20-;/m0./s1. The highest BCUT2D eigenvalue weighted by atomic mass is 35.5. The van der Waals surface area contributed by atoms with Crippen molar-refractivity contribution >= 4 is 52.3 Å². The molecule has 4 rings (SSSR count). The topological polar surface area (TPSA) is 210 Å². The van der Waals surface area contributed by atoms with E-state index in [0.29, 0.717) is 25.8 Å². The van der Waals surface area contributed by atoms with Crippen molar-refractivity contribution in [2.75, 3.05) is 33.0 Å². The molecule has 0 saturated carbocycles. The molecule has 14 nitrogen and oxygen atoms in total. The first kappa shape index (κ1) is 37.5. The van der Waals surface area contributed by atoms with E-state index >= 15 is 0 Å². The first-order chi connectivity index (χ1) is 22.7. The first-order valence-electron chi connectivity index (χ1n) is 15.1. The quantitative estimate of drug-likeness (QED) is 0.0981. The molecule has 2 heterocycles. The van der Waals surface area contributed by atoms with E-state index in [0.717, 1.165) is 12.1 Å². The van der Waals surface area contributed by atoms with Gasteiger partial charge in [0.1, 0.15) is 52.7 Å². The van der Waals surface area contributed by atoms with E-state index in [1.54, 1.807) is 26.0 Å². The first-order valence-corrected chi connectivity index (χ1v) is 15.1. The largest absolute Gasteiger partial charge is 0.489 e. The Morgan fingerprint density at radius 2 is 1.25 bits per heavy atom. The number of carbonyl (C=O) groups excluding carboxylic acids is 3. The van der Waals surface area contributed by atoms with E-state index in [4.69, 9.17) is 44.0 Å². The third-order valence-electron chi connectivity index (χ3n) is 6.79. The highest BCUT2D eigenvalue weighted by Gasteiger charge is 2.24. The second-order valence-corrected chi connectivity index (χ2v) is 10.2. The fraction of sp³-hybridized carbons (Fsp3) is 0.364. The van der Waals surface area contributed by atoms with E-state index < -0.39 is 40.9 Å². The number of halogens is 1. The van der Waals surface area contributed by atoms with Gasteiger partial charge in [-0.15, -0.1) is 12.4 Å². The molecule has 0 radical (unpaired) electrons. The Hall–Kier alpha value is -4.92. The number of esters is 3. The van der Waals surface area contributed by atoms with Crippen molar-refractivity contribution in [3.8, 4) is 11.5 Å². The Morgan fingerprint density at radius 3 is 1.69 bits per heavy atom. The number of fused-ring (bicyclic) bond motifs is 2. The molecule has 0 fully saturated rings. The highest BCUT2D eigenvalue weighted by Crippen LogP contribution is 2.26. The minimum Gasteiger partial charge on any atom is -0.489 e. The van der Waals surface area contributed by atoms with Crippen molar-refractivity contribution < 1.29 is 46.9 Å². The minimum atomic E-state index is -1.08. The van der Waals surface area contributed by atoms with Crippen molar-refractivity contribution in [1.29, 1.82) is 0 Å². The van der Waals surface area contributed by atoms with Gasteiger partial charge >= 0.3 is 17.9 Å². The fourth-order valence-electron chi connectivity index (χ4n) is 4.56. The summed E-state index contributed by atoms with van der Waals surface area (Å²) in [6.07, 6.45) is 0.555. The molecular formula is C33H37ClN2O12. The lowest BCUT2D eigenvalue weighted by Crippen LogP contribution is -2.39. The normalized spacial score (nSPS) is 11.5. The van der Waals surface area contributed by atoms with Crippen molar-refractivity contribution in [3.63, 3.8) is 0 Å². The summed E-state index contributed by atoms with van der Waals surface area (Å²) in [4.78, 5) is 63.1. The van der Waals surface area contributed by atoms with E-state index in [1.807, 2.05) is 0 Å². The van der Waals surface area contributed by atoms with Crippen LogP contribution in [0.5, 0.6) is 11.5 Å². The predicted molar refractivity (Wildman–Crippen MR) is 176 cm³/mol. The highest BCUT2D eigenvalue weighted by molar-refractivity contribution is 5.91. The Morgan fingerprint density at radius 1 is 0.771 bits per heavy atom. The van der Waals surface area contributed by atoms with Crippen LogP contribution in [0.4, 0.5) is 0 Å². The summed E-state index contributed by atoms with van der Waals surface area (Å²) in [6, 6.07) is 10.2. The molecule has 4 aromatic rings. The third kappa shape index (κ3) is 9.33. The Kier molecular flexibility index (Phi) is 14.0. The average molecular weight is 689 g/mol. The van der Waals surface area contributed by atoms with Crippen LogP contribution in [-0.4, -0.2) is 63.0 Å². The molecule has 48 heavy (non-hydrogen) atoms. The van der Waals surface area contributed by atoms with Crippen LogP contribution < -0.4 is 31.8 Å². The zero-order chi connectivity index (χ0) is 33.9. The summed E-state index contributed by atoms with van der Waals surface area (Å²) in [5, 5.41) is 0.100. The van der Waals surface area contributed by atoms with Crippen LogP contribution >= 0.6 is 12.4 Å². The van der Waals surface area contributed by atoms with Gasteiger partial charge in [0.15, 0.2) is 17.0 Å². The van der Waals surface area contributed by atoms with E-state index in [2.05, 4.69) is 0 Å². The van der Waals surface area contributed by atoms with Crippen molar-refractivity contribution in [3.05, 3.63) is 80.5 Å². The number of hydrogen-bond acceptors (Lipinski definition) is 14. The number of ether oxygens (including phenoxy) is 5. The number of nitrogens with two attached hydrogens (primary N) is 2. The van der Waals surface area contributed by atoms with Gasteiger partial charge < -0.3 is 44.0 Å². The van der Waals surface area contributed by atoms with Gasteiger partial charge in [-0.3, -0.25) is 14.4 Å². The van der Waals surface area contributed by atoms with Crippen LogP contribution in [-0.2, 0) is 19.0 Å². The molecule has 0 saturated heterocycles. The number of benzene rings is 2. The number of unbranched alkanes of at least 4 members (excludes halogenated alkanes) is 1. The van der Waals surface area contributed by atoms with Gasteiger partial charge in [-0.1, -0.05) is 18.6 Å². The van der Waals surface area contributed by atoms with Gasteiger partial charge in [0.2, 0.25) is 11.5 Å². The second kappa shape index (κ2) is 17.8. The molecule has 258 valence electrons. The lowest BCUT2D eigenvalue weighted by atomic mass is 10.1.